The van der Waals surface area contributed by atoms with E-state index in [9.17, 15) is 9.59 Å². The van der Waals surface area contributed by atoms with Gasteiger partial charge < -0.3 is 9.88 Å². The number of pyridine rings is 1. The number of nitrogens with zero attached hydrogens (tertiary/aromatic N) is 3. The summed E-state index contributed by atoms with van der Waals surface area (Å²) in [6.45, 7) is 3.88. The van der Waals surface area contributed by atoms with E-state index in [1.165, 1.54) is 0 Å². The summed E-state index contributed by atoms with van der Waals surface area (Å²) in [4.78, 5) is 31.6. The number of rotatable bonds is 5. The highest BCUT2D eigenvalue weighted by atomic mass is 16.2. The standard InChI is InChI=1S/C30H30N4O2/c1-5-27(35)34-26(20-12-14-22(15-13-20)33(3)4)18-25(32-34)29-28(21-9-7-6-8-10-21)23-17-19(2)11-16-24(23)31-30(29)36/h6-17,26H,5,18H2,1-4H3,(H,31,36). The number of amides is 1. The molecule has 0 bridgehead atoms. The minimum absolute atomic E-state index is 0.0685. The van der Waals surface area contributed by atoms with Crippen LogP contribution in [0.2, 0.25) is 0 Å². The van der Waals surface area contributed by atoms with Gasteiger partial charge in [0, 0.05) is 49.1 Å². The van der Waals surface area contributed by atoms with E-state index in [0.717, 1.165) is 38.8 Å². The zero-order chi connectivity index (χ0) is 25.4. The van der Waals surface area contributed by atoms with E-state index in [1.54, 1.807) is 5.01 Å². The molecule has 1 aromatic heterocycles. The number of aryl methyl sites for hydroxylation is 1. The highest BCUT2D eigenvalue weighted by Gasteiger charge is 2.34. The molecule has 0 radical (unpaired) electrons. The minimum atomic E-state index is -0.264. The first-order valence-corrected chi connectivity index (χ1v) is 12.3. The Kier molecular flexibility index (Phi) is 6.18. The largest absolute Gasteiger partial charge is 0.378 e. The Morgan fingerprint density at radius 1 is 1.03 bits per heavy atom. The molecule has 2 heterocycles. The van der Waals surface area contributed by atoms with Gasteiger partial charge in [-0.05, 0) is 42.3 Å². The zero-order valence-electron chi connectivity index (χ0n) is 21.1. The molecular weight excluding hydrogens is 448 g/mol. The van der Waals surface area contributed by atoms with Crippen LogP contribution in [0.1, 0.15) is 42.5 Å². The maximum Gasteiger partial charge on any atom is 0.258 e. The lowest BCUT2D eigenvalue weighted by molar-refractivity contribution is -0.132. The maximum atomic E-state index is 13.6. The SMILES string of the molecule is CCC(=O)N1N=C(c2c(-c3ccccc3)c3cc(C)ccc3[nH]c2=O)CC1c1ccc(N(C)C)cc1. The minimum Gasteiger partial charge on any atom is -0.378 e. The van der Waals surface area contributed by atoms with Crippen molar-refractivity contribution in [2.75, 3.05) is 19.0 Å². The maximum absolute atomic E-state index is 13.6. The molecular formula is C30H30N4O2. The third-order valence-electron chi connectivity index (χ3n) is 6.78. The van der Waals surface area contributed by atoms with Gasteiger partial charge in [-0.15, -0.1) is 0 Å². The lowest BCUT2D eigenvalue weighted by Gasteiger charge is -2.22. The van der Waals surface area contributed by atoms with Gasteiger partial charge in [0.05, 0.1) is 17.3 Å². The molecule has 1 aliphatic rings. The van der Waals surface area contributed by atoms with Gasteiger partial charge >= 0.3 is 0 Å². The normalized spacial score (nSPS) is 15.3. The van der Waals surface area contributed by atoms with E-state index >= 15 is 0 Å². The van der Waals surface area contributed by atoms with E-state index in [0.29, 0.717) is 24.1 Å². The molecule has 0 saturated heterocycles. The molecule has 0 spiro atoms. The summed E-state index contributed by atoms with van der Waals surface area (Å²) in [5.74, 6) is -0.0685. The Morgan fingerprint density at radius 3 is 2.42 bits per heavy atom. The monoisotopic (exact) mass is 478 g/mol. The number of aromatic amines is 1. The average Bonchev–Trinajstić information content (AvgIpc) is 3.33. The third-order valence-corrected chi connectivity index (χ3v) is 6.78. The predicted octanol–water partition coefficient (Wildman–Crippen LogP) is 5.66. The van der Waals surface area contributed by atoms with E-state index in [1.807, 2.05) is 99.6 Å². The van der Waals surface area contributed by atoms with Crippen LogP contribution in [0.25, 0.3) is 22.0 Å². The number of nitrogens with one attached hydrogen (secondary N) is 1. The van der Waals surface area contributed by atoms with Crippen molar-refractivity contribution < 1.29 is 4.79 Å². The zero-order valence-corrected chi connectivity index (χ0v) is 21.1. The van der Waals surface area contributed by atoms with Gasteiger partial charge in [0.25, 0.3) is 5.56 Å². The second kappa shape index (κ2) is 9.46. The molecule has 5 rings (SSSR count). The van der Waals surface area contributed by atoms with E-state index in [2.05, 4.69) is 11.1 Å². The number of hydrogen-bond acceptors (Lipinski definition) is 4. The first kappa shape index (κ1) is 23.5. The molecule has 1 unspecified atom stereocenters. The van der Waals surface area contributed by atoms with Gasteiger partial charge in [-0.2, -0.15) is 5.10 Å². The summed E-state index contributed by atoms with van der Waals surface area (Å²) in [7, 11) is 4.00. The molecule has 36 heavy (non-hydrogen) atoms. The fourth-order valence-corrected chi connectivity index (χ4v) is 4.89. The number of H-pyrrole nitrogens is 1. The number of hydrogen-bond donors (Lipinski definition) is 1. The second-order valence-corrected chi connectivity index (χ2v) is 9.46. The lowest BCUT2D eigenvalue weighted by atomic mass is 9.90. The molecule has 182 valence electrons. The molecule has 6 nitrogen and oxygen atoms in total. The van der Waals surface area contributed by atoms with Crippen molar-refractivity contribution in [3.8, 4) is 11.1 Å². The Morgan fingerprint density at radius 2 is 1.75 bits per heavy atom. The summed E-state index contributed by atoms with van der Waals surface area (Å²) >= 11 is 0. The molecule has 4 aromatic rings. The van der Waals surface area contributed by atoms with Crippen LogP contribution < -0.4 is 10.5 Å². The van der Waals surface area contributed by atoms with E-state index in [-0.39, 0.29) is 17.5 Å². The number of fused-ring (bicyclic) bond motifs is 1. The number of carbonyl (C=O) groups excluding carboxylic acids is 1. The number of hydrazone groups is 1. The van der Waals surface area contributed by atoms with Crippen LogP contribution in [0.15, 0.2) is 82.7 Å². The first-order chi connectivity index (χ1) is 17.4. The fraction of sp³-hybridized carbons (Fsp3) is 0.233. The smallest absolute Gasteiger partial charge is 0.258 e. The Labute approximate surface area is 210 Å². The average molecular weight is 479 g/mol. The summed E-state index contributed by atoms with van der Waals surface area (Å²) in [6.07, 6.45) is 0.801. The summed E-state index contributed by atoms with van der Waals surface area (Å²) < 4.78 is 0. The molecule has 1 atom stereocenters. The van der Waals surface area contributed by atoms with Gasteiger partial charge in [-0.1, -0.05) is 61.0 Å². The molecule has 1 N–H and O–H groups in total. The Balaban J connectivity index is 1.69. The van der Waals surface area contributed by atoms with Crippen LogP contribution in [0.3, 0.4) is 0 Å². The van der Waals surface area contributed by atoms with Gasteiger partial charge in [-0.25, -0.2) is 5.01 Å². The molecule has 1 amide bonds. The van der Waals surface area contributed by atoms with Crippen LogP contribution in [-0.4, -0.2) is 35.7 Å². The molecule has 0 saturated carbocycles. The van der Waals surface area contributed by atoms with Crippen LogP contribution in [0.5, 0.6) is 0 Å². The predicted molar refractivity (Wildman–Crippen MR) is 147 cm³/mol. The van der Waals surface area contributed by atoms with Gasteiger partial charge in [0.1, 0.15) is 0 Å². The number of benzene rings is 3. The number of anilines is 1. The van der Waals surface area contributed by atoms with Crippen molar-refractivity contribution in [3.05, 3.63) is 99.8 Å². The molecule has 0 aliphatic carbocycles. The summed E-state index contributed by atoms with van der Waals surface area (Å²) in [5.41, 5.74) is 6.72. The molecule has 1 aliphatic heterocycles. The van der Waals surface area contributed by atoms with Crippen molar-refractivity contribution in [1.29, 1.82) is 0 Å². The van der Waals surface area contributed by atoms with Crippen LogP contribution in [-0.2, 0) is 4.79 Å². The third kappa shape index (κ3) is 4.19. The van der Waals surface area contributed by atoms with Gasteiger partial charge in [-0.3, -0.25) is 9.59 Å². The topological polar surface area (TPSA) is 68.8 Å². The quantitative estimate of drug-likeness (QED) is 0.403. The fourth-order valence-electron chi connectivity index (χ4n) is 4.89. The van der Waals surface area contributed by atoms with Crippen molar-refractivity contribution in [2.24, 2.45) is 5.10 Å². The van der Waals surface area contributed by atoms with E-state index < -0.39 is 0 Å². The number of aromatic nitrogens is 1. The van der Waals surface area contributed by atoms with Gasteiger partial charge in [0.2, 0.25) is 5.91 Å². The van der Waals surface area contributed by atoms with Crippen molar-refractivity contribution in [1.82, 2.24) is 9.99 Å². The van der Waals surface area contributed by atoms with Crippen molar-refractivity contribution >= 4 is 28.2 Å². The first-order valence-electron chi connectivity index (χ1n) is 12.3. The van der Waals surface area contributed by atoms with E-state index in [4.69, 9.17) is 5.10 Å². The Bertz CT molecular complexity index is 1520. The van der Waals surface area contributed by atoms with Crippen LogP contribution >= 0.6 is 0 Å². The summed E-state index contributed by atoms with van der Waals surface area (Å²) in [5, 5.41) is 7.32. The molecule has 0 fully saturated rings. The van der Waals surface area contributed by atoms with Crippen LogP contribution in [0, 0.1) is 6.92 Å². The summed E-state index contributed by atoms with van der Waals surface area (Å²) in [6, 6.07) is 23.9. The Hall–Kier alpha value is -4.19. The number of carbonyl (C=O) groups is 1. The molecule has 3 aromatic carbocycles. The van der Waals surface area contributed by atoms with Crippen molar-refractivity contribution in [3.63, 3.8) is 0 Å². The highest BCUT2D eigenvalue weighted by molar-refractivity contribution is 6.13. The highest BCUT2D eigenvalue weighted by Crippen LogP contribution is 2.37. The van der Waals surface area contributed by atoms with Crippen LogP contribution in [0.4, 0.5) is 5.69 Å². The van der Waals surface area contributed by atoms with Crippen molar-refractivity contribution in [2.45, 2.75) is 32.7 Å². The lowest BCUT2D eigenvalue weighted by Crippen LogP contribution is -2.26. The second-order valence-electron chi connectivity index (χ2n) is 9.46. The molecule has 6 heteroatoms. The van der Waals surface area contributed by atoms with Gasteiger partial charge in [0.15, 0.2) is 0 Å².